The van der Waals surface area contributed by atoms with Crippen molar-refractivity contribution in [1.82, 2.24) is 4.90 Å². The summed E-state index contributed by atoms with van der Waals surface area (Å²) in [4.78, 5) is 35.9. The maximum atomic E-state index is 12.1. The molecule has 1 aliphatic rings. The zero-order valence-corrected chi connectivity index (χ0v) is 10.7. The molecule has 1 unspecified atom stereocenters. The molecule has 1 heterocycles. The monoisotopic (exact) mass is 285 g/mol. The molecule has 0 aliphatic carbocycles. The average Bonchev–Trinajstić information content (AvgIpc) is 2.71. The van der Waals surface area contributed by atoms with Crippen molar-refractivity contribution in [1.29, 1.82) is 0 Å². The van der Waals surface area contributed by atoms with Gasteiger partial charge in [-0.05, 0) is 42.3 Å². The first-order valence-corrected chi connectivity index (χ1v) is 6.07. The molecule has 0 aromatic heterocycles. The Morgan fingerprint density at radius 2 is 1.83 bits per heavy atom. The molecule has 94 valence electrons. The maximum Gasteiger partial charge on any atom is 0.261 e. The molecule has 0 N–H and O–H groups in total. The van der Waals surface area contributed by atoms with Gasteiger partial charge < -0.3 is 0 Å². The highest BCUT2D eigenvalue weighted by molar-refractivity contribution is 6.65. The van der Waals surface area contributed by atoms with Crippen molar-refractivity contribution in [3.05, 3.63) is 34.9 Å². The minimum Gasteiger partial charge on any atom is -0.279 e. The number of hydrogen-bond donors (Lipinski definition) is 0. The van der Waals surface area contributed by atoms with Gasteiger partial charge in [0.05, 0.1) is 0 Å². The molecule has 2 rings (SSSR count). The van der Waals surface area contributed by atoms with Gasteiger partial charge in [0.15, 0.2) is 0 Å². The van der Waals surface area contributed by atoms with E-state index in [9.17, 15) is 14.4 Å². The van der Waals surface area contributed by atoms with Crippen molar-refractivity contribution in [2.45, 2.75) is 18.9 Å². The van der Waals surface area contributed by atoms with Gasteiger partial charge in [-0.3, -0.25) is 19.3 Å². The highest BCUT2D eigenvalue weighted by Gasteiger charge is 2.39. The molecule has 1 atom stereocenters. The number of benzene rings is 1. The highest BCUT2D eigenvalue weighted by Crippen LogP contribution is 2.23. The topological polar surface area (TPSA) is 54.5 Å². The van der Waals surface area contributed by atoms with Gasteiger partial charge >= 0.3 is 0 Å². The predicted molar refractivity (Wildman–Crippen MR) is 66.5 cm³/mol. The van der Waals surface area contributed by atoms with Crippen molar-refractivity contribution in [3.63, 3.8) is 0 Å². The van der Waals surface area contributed by atoms with E-state index in [0.29, 0.717) is 10.6 Å². The number of halogens is 2. The molecule has 0 saturated carbocycles. The van der Waals surface area contributed by atoms with Crippen LogP contribution in [0.1, 0.15) is 23.2 Å². The smallest absolute Gasteiger partial charge is 0.261 e. The van der Waals surface area contributed by atoms with Crippen LogP contribution in [-0.4, -0.2) is 28.0 Å². The van der Waals surface area contributed by atoms with Crippen LogP contribution in [-0.2, 0) is 9.59 Å². The molecule has 1 saturated heterocycles. The Bertz CT molecular complexity index is 513. The Kier molecular flexibility index (Phi) is 3.68. The van der Waals surface area contributed by atoms with E-state index in [1.807, 2.05) is 0 Å². The van der Waals surface area contributed by atoms with Gasteiger partial charge in [-0.25, -0.2) is 0 Å². The third kappa shape index (κ3) is 2.40. The lowest BCUT2D eigenvalue weighted by atomic mass is 10.2. The van der Waals surface area contributed by atoms with Crippen LogP contribution in [0, 0.1) is 0 Å². The van der Waals surface area contributed by atoms with Gasteiger partial charge in [0.2, 0.25) is 11.1 Å². The fourth-order valence-corrected chi connectivity index (χ4v) is 2.22. The van der Waals surface area contributed by atoms with E-state index < -0.39 is 17.2 Å². The summed E-state index contributed by atoms with van der Waals surface area (Å²) in [6.07, 6.45) is 0.433. The summed E-state index contributed by atoms with van der Waals surface area (Å²) in [6, 6.07) is 5.25. The van der Waals surface area contributed by atoms with E-state index in [2.05, 4.69) is 0 Å². The van der Waals surface area contributed by atoms with E-state index in [1.54, 1.807) is 12.1 Å². The number of carbonyl (C=O) groups is 3. The first-order valence-electron chi connectivity index (χ1n) is 5.32. The number of likely N-dealkylation sites (tertiary alicyclic amines) is 1. The fourth-order valence-electron chi connectivity index (χ4n) is 1.88. The number of amides is 2. The van der Waals surface area contributed by atoms with E-state index in [-0.39, 0.29) is 18.7 Å². The third-order valence-electron chi connectivity index (χ3n) is 2.78. The van der Waals surface area contributed by atoms with E-state index in [1.165, 1.54) is 12.1 Å². The van der Waals surface area contributed by atoms with Gasteiger partial charge in [-0.2, -0.15) is 0 Å². The van der Waals surface area contributed by atoms with E-state index >= 15 is 0 Å². The summed E-state index contributed by atoms with van der Waals surface area (Å²) in [6.45, 7) is 0. The molecule has 1 aliphatic heterocycles. The molecule has 1 aromatic rings. The summed E-state index contributed by atoms with van der Waals surface area (Å²) >= 11 is 11.1. The molecule has 6 heteroatoms. The van der Waals surface area contributed by atoms with Gasteiger partial charge in [-0.15, -0.1) is 0 Å². The van der Waals surface area contributed by atoms with Crippen LogP contribution >= 0.6 is 23.2 Å². The normalized spacial score (nSPS) is 19.1. The van der Waals surface area contributed by atoms with Crippen molar-refractivity contribution < 1.29 is 14.4 Å². The van der Waals surface area contributed by atoms with Crippen LogP contribution in [0.5, 0.6) is 0 Å². The fraction of sp³-hybridized carbons (Fsp3) is 0.250. The molecule has 0 radical (unpaired) electrons. The quantitative estimate of drug-likeness (QED) is 0.619. The van der Waals surface area contributed by atoms with Gasteiger partial charge in [0, 0.05) is 17.0 Å². The number of rotatable bonds is 2. The zero-order valence-electron chi connectivity index (χ0n) is 9.23. The summed E-state index contributed by atoms with van der Waals surface area (Å²) in [5, 5.41) is -0.201. The Labute approximate surface area is 113 Å². The van der Waals surface area contributed by atoms with Crippen LogP contribution in [0.2, 0.25) is 5.02 Å². The lowest BCUT2D eigenvalue weighted by molar-refractivity contribution is -0.129. The second-order valence-electron chi connectivity index (χ2n) is 3.93. The Morgan fingerprint density at radius 3 is 2.39 bits per heavy atom. The second kappa shape index (κ2) is 5.08. The molecule has 2 amide bonds. The minimum absolute atomic E-state index is 0.155. The molecule has 0 spiro atoms. The first-order chi connectivity index (χ1) is 8.50. The van der Waals surface area contributed by atoms with Crippen molar-refractivity contribution >= 4 is 40.3 Å². The molecule has 0 bridgehead atoms. The van der Waals surface area contributed by atoms with Crippen LogP contribution in [0.4, 0.5) is 0 Å². The summed E-state index contributed by atoms with van der Waals surface area (Å²) in [5.41, 5.74) is 0.303. The van der Waals surface area contributed by atoms with Crippen LogP contribution in [0.3, 0.4) is 0 Å². The predicted octanol–water partition coefficient (Wildman–Crippen LogP) is 2.24. The average molecular weight is 286 g/mol. The third-order valence-corrected chi connectivity index (χ3v) is 3.29. The molecular weight excluding hydrogens is 277 g/mol. The molecular formula is C12H9Cl2NO3. The molecule has 1 aromatic carbocycles. The number of hydrogen-bond acceptors (Lipinski definition) is 3. The lowest BCUT2D eigenvalue weighted by Gasteiger charge is -2.19. The van der Waals surface area contributed by atoms with E-state index in [4.69, 9.17) is 23.2 Å². The van der Waals surface area contributed by atoms with E-state index in [0.717, 1.165) is 4.90 Å². The maximum absolute atomic E-state index is 12.1. The highest BCUT2D eigenvalue weighted by atomic mass is 35.5. The largest absolute Gasteiger partial charge is 0.279 e. The SMILES string of the molecule is O=C(Cl)C1CCC(=O)N1C(=O)c1ccc(Cl)cc1. The van der Waals surface area contributed by atoms with Crippen molar-refractivity contribution in [2.24, 2.45) is 0 Å². The van der Waals surface area contributed by atoms with Gasteiger partial charge in [0.1, 0.15) is 6.04 Å². The molecule has 4 nitrogen and oxygen atoms in total. The minimum atomic E-state index is -0.859. The number of nitrogens with zero attached hydrogens (tertiary/aromatic N) is 1. The molecule has 1 fully saturated rings. The Balaban J connectivity index is 2.29. The standard InChI is InChI=1S/C12H9Cl2NO3/c13-8-3-1-7(2-4-8)12(18)15-9(11(14)17)5-6-10(15)16/h1-4,9H,5-6H2. The Morgan fingerprint density at radius 1 is 1.22 bits per heavy atom. The number of carbonyl (C=O) groups excluding carboxylic acids is 3. The van der Waals surface area contributed by atoms with Crippen LogP contribution < -0.4 is 0 Å². The van der Waals surface area contributed by atoms with Crippen molar-refractivity contribution in [2.75, 3.05) is 0 Å². The first kappa shape index (κ1) is 13.1. The Hall–Kier alpha value is -1.39. The van der Waals surface area contributed by atoms with Gasteiger partial charge in [0.25, 0.3) is 5.91 Å². The van der Waals surface area contributed by atoms with Gasteiger partial charge in [-0.1, -0.05) is 11.6 Å². The second-order valence-corrected chi connectivity index (χ2v) is 4.74. The summed E-state index contributed by atoms with van der Waals surface area (Å²) in [7, 11) is 0. The van der Waals surface area contributed by atoms with Crippen LogP contribution in [0.15, 0.2) is 24.3 Å². The lowest BCUT2D eigenvalue weighted by Crippen LogP contribution is -2.41. The molecule has 18 heavy (non-hydrogen) atoms. The summed E-state index contributed by atoms with van der Waals surface area (Å²) < 4.78 is 0. The zero-order chi connectivity index (χ0) is 13.3. The van der Waals surface area contributed by atoms with Crippen molar-refractivity contribution in [3.8, 4) is 0 Å². The number of imide groups is 1. The summed E-state index contributed by atoms with van der Waals surface area (Å²) in [5.74, 6) is -0.901. The van der Waals surface area contributed by atoms with Crippen LogP contribution in [0.25, 0.3) is 0 Å².